The van der Waals surface area contributed by atoms with Crippen LogP contribution in [0.4, 0.5) is 5.13 Å². The minimum Gasteiger partial charge on any atom is -0.301 e. The van der Waals surface area contributed by atoms with Gasteiger partial charge in [-0.15, -0.1) is 11.3 Å². The minimum atomic E-state index is -0.319. The molecule has 0 bridgehead atoms. The molecule has 0 unspecified atom stereocenters. The summed E-state index contributed by atoms with van der Waals surface area (Å²) < 4.78 is 1.36. The number of para-hydroxylation sites is 2. The number of rotatable bonds is 6. The third kappa shape index (κ3) is 4.97. The van der Waals surface area contributed by atoms with Gasteiger partial charge in [-0.1, -0.05) is 83.5 Å². The summed E-state index contributed by atoms with van der Waals surface area (Å²) in [5.41, 5.74) is 2.29. The average Bonchev–Trinajstić information content (AvgIpc) is 3.33. The molecule has 1 amide bonds. The van der Waals surface area contributed by atoms with Gasteiger partial charge < -0.3 is 5.32 Å². The quantitative estimate of drug-likeness (QED) is 0.196. The number of carbonyl (C=O) groups excluding carboxylic acids is 1. The molecule has 3 aromatic carbocycles. The van der Waals surface area contributed by atoms with E-state index in [1.54, 1.807) is 42.5 Å². The van der Waals surface area contributed by atoms with E-state index in [9.17, 15) is 9.59 Å². The van der Waals surface area contributed by atoms with Crippen molar-refractivity contribution >= 4 is 68.2 Å². The zero-order valence-electron chi connectivity index (χ0n) is 17.9. The first-order chi connectivity index (χ1) is 17.0. The largest absolute Gasteiger partial charge is 0.301 e. The van der Waals surface area contributed by atoms with Gasteiger partial charge in [0, 0.05) is 10.9 Å². The Morgan fingerprint density at radius 1 is 0.943 bits per heavy atom. The number of nitrogens with zero attached hydrogens (tertiary/aromatic N) is 3. The van der Waals surface area contributed by atoms with Crippen LogP contribution in [0.1, 0.15) is 0 Å². The molecule has 10 heteroatoms. The number of thioether (sulfide) groups is 1. The summed E-state index contributed by atoms with van der Waals surface area (Å²) in [6.45, 7) is 0. The number of halogens is 2. The summed E-state index contributed by atoms with van der Waals surface area (Å²) in [6.07, 6.45) is 0. The van der Waals surface area contributed by atoms with E-state index in [0.717, 1.165) is 23.0 Å². The van der Waals surface area contributed by atoms with Gasteiger partial charge in [0.2, 0.25) is 5.91 Å². The van der Waals surface area contributed by atoms with Crippen molar-refractivity contribution in [2.24, 2.45) is 0 Å². The molecule has 0 saturated carbocycles. The van der Waals surface area contributed by atoms with Crippen molar-refractivity contribution < 1.29 is 4.79 Å². The Kier molecular flexibility index (Phi) is 6.88. The second-order valence-corrected chi connectivity index (χ2v) is 9.98. The van der Waals surface area contributed by atoms with E-state index in [0.29, 0.717) is 36.9 Å². The van der Waals surface area contributed by atoms with Crippen LogP contribution in [0.2, 0.25) is 10.0 Å². The summed E-state index contributed by atoms with van der Waals surface area (Å²) in [4.78, 5) is 35.3. The van der Waals surface area contributed by atoms with Gasteiger partial charge >= 0.3 is 0 Å². The Morgan fingerprint density at radius 2 is 1.66 bits per heavy atom. The van der Waals surface area contributed by atoms with Gasteiger partial charge in [-0.25, -0.2) is 9.97 Å². The molecule has 5 rings (SSSR count). The van der Waals surface area contributed by atoms with Gasteiger partial charge in [-0.3, -0.25) is 14.2 Å². The minimum absolute atomic E-state index is 0.00705. The number of anilines is 1. The smallest absolute Gasteiger partial charge is 0.266 e. The Hall–Kier alpha value is -3.17. The van der Waals surface area contributed by atoms with Crippen LogP contribution < -0.4 is 10.9 Å². The highest BCUT2D eigenvalue weighted by Gasteiger charge is 2.19. The van der Waals surface area contributed by atoms with E-state index in [1.165, 1.54) is 15.9 Å². The molecule has 0 radical (unpaired) electrons. The lowest BCUT2D eigenvalue weighted by molar-refractivity contribution is -0.113. The summed E-state index contributed by atoms with van der Waals surface area (Å²) in [5.74, 6) is -0.268. The lowest BCUT2D eigenvalue weighted by atomic mass is 10.2. The van der Waals surface area contributed by atoms with Crippen molar-refractivity contribution in [1.29, 1.82) is 0 Å². The number of benzene rings is 3. The van der Waals surface area contributed by atoms with Crippen LogP contribution in [0.3, 0.4) is 0 Å². The van der Waals surface area contributed by atoms with Gasteiger partial charge in [0.15, 0.2) is 10.3 Å². The van der Waals surface area contributed by atoms with Crippen LogP contribution in [-0.4, -0.2) is 26.2 Å². The first-order valence-electron chi connectivity index (χ1n) is 10.4. The van der Waals surface area contributed by atoms with Crippen LogP contribution in [0.5, 0.6) is 0 Å². The van der Waals surface area contributed by atoms with Crippen molar-refractivity contribution in [2.75, 3.05) is 11.1 Å². The number of hydrogen-bond donors (Lipinski definition) is 1. The maximum Gasteiger partial charge on any atom is 0.266 e. The Balaban J connectivity index is 1.43. The molecule has 35 heavy (non-hydrogen) atoms. The maximum atomic E-state index is 13.4. The van der Waals surface area contributed by atoms with E-state index in [1.807, 2.05) is 35.7 Å². The van der Waals surface area contributed by atoms with Crippen LogP contribution in [0, 0.1) is 0 Å². The molecule has 0 aliphatic heterocycles. The molecule has 2 heterocycles. The van der Waals surface area contributed by atoms with Gasteiger partial charge in [-0.2, -0.15) is 0 Å². The van der Waals surface area contributed by atoms with Crippen molar-refractivity contribution in [3.63, 3.8) is 0 Å². The molecule has 6 nitrogen and oxygen atoms in total. The SMILES string of the molecule is O=C(CSc1nc2ccccc2c(=O)n1-c1c(Cl)cccc1Cl)Nc1nc(-c2ccccc2)cs1. The Labute approximate surface area is 218 Å². The predicted molar refractivity (Wildman–Crippen MR) is 144 cm³/mol. The van der Waals surface area contributed by atoms with E-state index >= 15 is 0 Å². The molecule has 5 aromatic rings. The fourth-order valence-corrected chi connectivity index (χ4v) is 5.57. The Morgan fingerprint density at radius 3 is 2.43 bits per heavy atom. The highest BCUT2D eigenvalue weighted by molar-refractivity contribution is 7.99. The summed E-state index contributed by atoms with van der Waals surface area (Å²) >= 11 is 15.3. The van der Waals surface area contributed by atoms with Gasteiger partial charge in [0.1, 0.15) is 0 Å². The number of nitrogens with one attached hydrogen (secondary N) is 1. The molecule has 0 aliphatic rings. The zero-order valence-corrected chi connectivity index (χ0v) is 21.1. The third-order valence-corrected chi connectivity index (χ3v) is 7.36. The van der Waals surface area contributed by atoms with Crippen LogP contribution in [-0.2, 0) is 4.79 Å². The normalized spacial score (nSPS) is 11.0. The molecule has 1 N–H and O–H groups in total. The second kappa shape index (κ2) is 10.2. The number of aromatic nitrogens is 3. The fourth-order valence-electron chi connectivity index (χ4n) is 3.47. The molecule has 2 aromatic heterocycles. The maximum absolute atomic E-state index is 13.4. The molecular weight excluding hydrogens is 523 g/mol. The number of thiazole rings is 1. The first kappa shape index (κ1) is 23.6. The summed E-state index contributed by atoms with van der Waals surface area (Å²) in [7, 11) is 0. The lowest BCUT2D eigenvalue weighted by Crippen LogP contribution is -2.23. The predicted octanol–water partition coefficient (Wildman–Crippen LogP) is 6.55. The summed E-state index contributed by atoms with van der Waals surface area (Å²) in [5, 5.41) is 6.54. The lowest BCUT2D eigenvalue weighted by Gasteiger charge is -2.15. The van der Waals surface area contributed by atoms with Gasteiger partial charge in [0.05, 0.1) is 38.1 Å². The zero-order chi connectivity index (χ0) is 24.4. The molecule has 0 fully saturated rings. The standard InChI is InChI=1S/C25H16Cl2N4O2S2/c26-17-10-6-11-18(27)22(17)31-23(33)16-9-4-5-12-19(16)29-25(31)35-14-21(32)30-24-28-20(13-34-24)15-7-2-1-3-8-15/h1-13H,14H2,(H,28,30,32). The third-order valence-electron chi connectivity index (χ3n) is 5.06. The van der Waals surface area contributed by atoms with E-state index in [2.05, 4.69) is 15.3 Å². The monoisotopic (exact) mass is 538 g/mol. The molecule has 0 aliphatic carbocycles. The molecule has 0 spiro atoms. The summed E-state index contributed by atoms with van der Waals surface area (Å²) in [6, 6.07) is 21.7. The molecule has 174 valence electrons. The second-order valence-electron chi connectivity index (χ2n) is 7.36. The van der Waals surface area contributed by atoms with Crippen molar-refractivity contribution in [1.82, 2.24) is 14.5 Å². The van der Waals surface area contributed by atoms with Crippen LogP contribution in [0.25, 0.3) is 27.8 Å². The highest BCUT2D eigenvalue weighted by Crippen LogP contribution is 2.31. The molecular formula is C25H16Cl2N4O2S2. The van der Waals surface area contributed by atoms with Crippen molar-refractivity contribution in [2.45, 2.75) is 5.16 Å². The van der Waals surface area contributed by atoms with Crippen LogP contribution >= 0.6 is 46.3 Å². The van der Waals surface area contributed by atoms with E-state index < -0.39 is 0 Å². The fraction of sp³-hybridized carbons (Fsp3) is 0.0400. The van der Waals surface area contributed by atoms with Crippen molar-refractivity contribution in [3.8, 4) is 16.9 Å². The number of hydrogen-bond acceptors (Lipinski definition) is 6. The average molecular weight is 539 g/mol. The van der Waals surface area contributed by atoms with Gasteiger partial charge in [0.25, 0.3) is 5.56 Å². The molecule has 0 atom stereocenters. The van der Waals surface area contributed by atoms with Crippen molar-refractivity contribution in [3.05, 3.63) is 98.6 Å². The van der Waals surface area contributed by atoms with E-state index in [-0.39, 0.29) is 17.2 Å². The Bertz CT molecular complexity index is 1580. The van der Waals surface area contributed by atoms with Crippen LogP contribution in [0.15, 0.2) is 88.1 Å². The highest BCUT2D eigenvalue weighted by atomic mass is 35.5. The van der Waals surface area contributed by atoms with Gasteiger partial charge in [-0.05, 0) is 24.3 Å². The first-order valence-corrected chi connectivity index (χ1v) is 13.0. The van der Waals surface area contributed by atoms with E-state index in [4.69, 9.17) is 23.2 Å². The topological polar surface area (TPSA) is 76.9 Å². The molecule has 0 saturated heterocycles. The number of fused-ring (bicyclic) bond motifs is 1. The number of carbonyl (C=O) groups is 1. The number of amides is 1.